The van der Waals surface area contributed by atoms with Gasteiger partial charge in [-0.2, -0.15) is 0 Å². The summed E-state index contributed by atoms with van der Waals surface area (Å²) in [6.07, 6.45) is 1.22. The molecular weight excluding hydrogens is 324 g/mol. The molecule has 0 radical (unpaired) electrons. The molecule has 2 nitrogen and oxygen atoms in total. The molecule has 0 aromatic heterocycles. The molecule has 1 aromatic carbocycles. The zero-order valence-corrected chi connectivity index (χ0v) is 14.0. The highest BCUT2D eigenvalue weighted by Gasteiger charge is 2.21. The molecule has 0 aliphatic carbocycles. The number of benzene rings is 1. The molecule has 1 aliphatic heterocycles. The Morgan fingerprint density at radius 2 is 1.95 bits per heavy atom. The summed E-state index contributed by atoms with van der Waals surface area (Å²) in [4.78, 5) is 4.97. The molecule has 0 N–H and O–H groups in total. The summed E-state index contributed by atoms with van der Waals surface area (Å²) in [5.41, 5.74) is 2.40. The predicted octanol–water partition coefficient (Wildman–Crippen LogP) is 4.16. The van der Waals surface area contributed by atoms with Gasteiger partial charge < -0.3 is 4.90 Å². The summed E-state index contributed by atoms with van der Waals surface area (Å²) in [5.74, 6) is 0. The Kier molecular flexibility index (Phi) is 5.55. The van der Waals surface area contributed by atoms with Crippen LogP contribution in [0.3, 0.4) is 0 Å². The summed E-state index contributed by atoms with van der Waals surface area (Å²) in [6.45, 7) is 8.97. The number of alkyl halides is 1. The van der Waals surface area contributed by atoms with Gasteiger partial charge in [0, 0.05) is 37.6 Å². The lowest BCUT2D eigenvalue weighted by molar-refractivity contribution is 0.193. The second-order valence-electron chi connectivity index (χ2n) is 5.20. The zero-order chi connectivity index (χ0) is 13.8. The molecule has 1 fully saturated rings. The van der Waals surface area contributed by atoms with Gasteiger partial charge >= 0.3 is 0 Å². The quantitative estimate of drug-likeness (QED) is 0.756. The third kappa shape index (κ3) is 3.65. The molecule has 1 heterocycles. The first-order valence-electron chi connectivity index (χ1n) is 6.99. The van der Waals surface area contributed by atoms with Crippen LogP contribution in [0.25, 0.3) is 0 Å². The topological polar surface area (TPSA) is 6.48 Å². The molecule has 0 bridgehead atoms. The maximum atomic E-state index is 6.39. The molecule has 1 aliphatic rings. The average Bonchev–Trinajstić information content (AvgIpc) is 2.46. The van der Waals surface area contributed by atoms with E-state index in [4.69, 9.17) is 11.6 Å². The van der Waals surface area contributed by atoms with Crippen LogP contribution in [-0.2, 0) is 5.33 Å². The fraction of sp³-hybridized carbons (Fsp3) is 0.600. The molecule has 0 amide bonds. The molecule has 2 rings (SSSR count). The van der Waals surface area contributed by atoms with Crippen LogP contribution >= 0.6 is 27.5 Å². The van der Waals surface area contributed by atoms with Crippen molar-refractivity contribution in [3.05, 3.63) is 28.8 Å². The van der Waals surface area contributed by atoms with Crippen LogP contribution in [0.1, 0.15) is 25.8 Å². The van der Waals surface area contributed by atoms with Crippen molar-refractivity contribution in [2.24, 2.45) is 0 Å². The summed E-state index contributed by atoms with van der Waals surface area (Å²) in [6, 6.07) is 7.05. The fourth-order valence-electron chi connectivity index (χ4n) is 2.55. The smallest absolute Gasteiger partial charge is 0.0642 e. The van der Waals surface area contributed by atoms with Crippen molar-refractivity contribution in [2.45, 2.75) is 31.6 Å². The monoisotopic (exact) mass is 344 g/mol. The lowest BCUT2D eigenvalue weighted by Crippen LogP contribution is -2.49. The van der Waals surface area contributed by atoms with Gasteiger partial charge in [-0.25, -0.2) is 0 Å². The molecule has 1 atom stereocenters. The Morgan fingerprint density at radius 1 is 1.26 bits per heavy atom. The minimum atomic E-state index is 0.688. The van der Waals surface area contributed by atoms with E-state index < -0.39 is 0 Å². The van der Waals surface area contributed by atoms with Gasteiger partial charge in [0.15, 0.2) is 0 Å². The van der Waals surface area contributed by atoms with Gasteiger partial charge in [0.1, 0.15) is 0 Å². The van der Waals surface area contributed by atoms with Gasteiger partial charge in [0.05, 0.1) is 10.7 Å². The van der Waals surface area contributed by atoms with Gasteiger partial charge in [-0.3, -0.25) is 4.90 Å². The van der Waals surface area contributed by atoms with E-state index in [0.29, 0.717) is 6.04 Å². The highest BCUT2D eigenvalue weighted by atomic mass is 79.9. The Hall–Kier alpha value is -0.250. The molecule has 4 heteroatoms. The van der Waals surface area contributed by atoms with Crippen molar-refractivity contribution in [2.75, 3.05) is 31.1 Å². The summed E-state index contributed by atoms with van der Waals surface area (Å²) >= 11 is 9.86. The van der Waals surface area contributed by atoms with Crippen LogP contribution in [0.2, 0.25) is 5.02 Å². The second-order valence-corrected chi connectivity index (χ2v) is 6.17. The van der Waals surface area contributed by atoms with E-state index in [-0.39, 0.29) is 0 Å². The van der Waals surface area contributed by atoms with E-state index in [1.165, 1.54) is 17.7 Å². The van der Waals surface area contributed by atoms with E-state index in [0.717, 1.165) is 36.5 Å². The van der Waals surface area contributed by atoms with Crippen LogP contribution in [-0.4, -0.2) is 37.1 Å². The number of hydrogen-bond acceptors (Lipinski definition) is 2. The van der Waals surface area contributed by atoms with E-state index in [1.807, 2.05) is 0 Å². The molecule has 106 valence electrons. The van der Waals surface area contributed by atoms with Crippen LogP contribution in [0.5, 0.6) is 0 Å². The van der Waals surface area contributed by atoms with E-state index in [1.54, 1.807) is 0 Å². The van der Waals surface area contributed by atoms with Crippen LogP contribution < -0.4 is 4.90 Å². The molecule has 19 heavy (non-hydrogen) atoms. The van der Waals surface area contributed by atoms with Crippen LogP contribution in [0.4, 0.5) is 5.69 Å². The highest BCUT2D eigenvalue weighted by molar-refractivity contribution is 9.08. The average molecular weight is 346 g/mol. The number of halogens is 2. The first-order valence-corrected chi connectivity index (χ1v) is 8.49. The lowest BCUT2D eigenvalue weighted by atomic mass is 10.1. The molecule has 1 unspecified atom stereocenters. The summed E-state index contributed by atoms with van der Waals surface area (Å²) < 4.78 is 0. The van der Waals surface area contributed by atoms with Gasteiger partial charge in [-0.1, -0.05) is 40.5 Å². The Bertz CT molecular complexity index is 417. The largest absolute Gasteiger partial charge is 0.368 e. The number of anilines is 1. The molecular formula is C15H22BrClN2. The van der Waals surface area contributed by atoms with Crippen LogP contribution in [0.15, 0.2) is 18.2 Å². The maximum Gasteiger partial charge on any atom is 0.0642 e. The van der Waals surface area contributed by atoms with E-state index in [9.17, 15) is 0 Å². The highest BCUT2D eigenvalue weighted by Crippen LogP contribution is 2.28. The molecule has 1 aromatic rings. The lowest BCUT2D eigenvalue weighted by Gasteiger charge is -2.39. The van der Waals surface area contributed by atoms with Crippen molar-refractivity contribution in [3.63, 3.8) is 0 Å². The standard InChI is InChI=1S/C15H22BrClN2/c1-3-12(2)18-6-8-19(9-7-18)15-5-4-13(11-16)10-14(15)17/h4-5,10,12H,3,6-9,11H2,1-2H3. The van der Waals surface area contributed by atoms with Crippen molar-refractivity contribution in [1.29, 1.82) is 0 Å². The second kappa shape index (κ2) is 6.96. The Balaban J connectivity index is 2.01. The normalized spacial score (nSPS) is 18.6. The number of nitrogens with zero attached hydrogens (tertiary/aromatic N) is 2. The van der Waals surface area contributed by atoms with E-state index in [2.05, 4.69) is 57.8 Å². The number of rotatable bonds is 4. The SMILES string of the molecule is CCC(C)N1CCN(c2ccc(CBr)cc2Cl)CC1. The predicted molar refractivity (Wildman–Crippen MR) is 87.6 cm³/mol. The first kappa shape index (κ1) is 15.1. The van der Waals surface area contributed by atoms with E-state index >= 15 is 0 Å². The van der Waals surface area contributed by atoms with Gasteiger partial charge in [-0.15, -0.1) is 0 Å². The van der Waals surface area contributed by atoms with Gasteiger partial charge in [0.25, 0.3) is 0 Å². The summed E-state index contributed by atoms with van der Waals surface area (Å²) in [5, 5.41) is 1.73. The summed E-state index contributed by atoms with van der Waals surface area (Å²) in [7, 11) is 0. The zero-order valence-electron chi connectivity index (χ0n) is 11.7. The van der Waals surface area contributed by atoms with Crippen molar-refractivity contribution in [1.82, 2.24) is 4.90 Å². The molecule has 1 saturated heterocycles. The van der Waals surface area contributed by atoms with Crippen molar-refractivity contribution in [3.8, 4) is 0 Å². The first-order chi connectivity index (χ1) is 9.15. The Labute approximate surface area is 129 Å². The minimum absolute atomic E-state index is 0.688. The van der Waals surface area contributed by atoms with Gasteiger partial charge in [-0.05, 0) is 31.0 Å². The van der Waals surface area contributed by atoms with Gasteiger partial charge in [0.2, 0.25) is 0 Å². The minimum Gasteiger partial charge on any atom is -0.368 e. The molecule has 0 spiro atoms. The number of piperazine rings is 1. The van der Waals surface area contributed by atoms with Crippen molar-refractivity contribution >= 4 is 33.2 Å². The fourth-order valence-corrected chi connectivity index (χ4v) is 3.22. The third-order valence-corrected chi connectivity index (χ3v) is 4.99. The number of hydrogen-bond donors (Lipinski definition) is 0. The maximum absolute atomic E-state index is 6.39. The van der Waals surface area contributed by atoms with Crippen molar-refractivity contribution < 1.29 is 0 Å². The Morgan fingerprint density at radius 3 is 2.47 bits per heavy atom. The van der Waals surface area contributed by atoms with Crippen LogP contribution in [0, 0.1) is 0 Å². The third-order valence-electron chi connectivity index (χ3n) is 4.04. The molecule has 0 saturated carbocycles.